The second-order valence-corrected chi connectivity index (χ2v) is 6.04. The average Bonchev–Trinajstić information content (AvgIpc) is 2.39. The van der Waals surface area contributed by atoms with Crippen molar-refractivity contribution in [2.24, 2.45) is 0 Å². The van der Waals surface area contributed by atoms with Gasteiger partial charge in [-0.05, 0) is 57.2 Å². The van der Waals surface area contributed by atoms with Crippen molar-refractivity contribution in [3.05, 3.63) is 21.1 Å². The largest absolute Gasteiger partial charge is 0.495 e. The van der Waals surface area contributed by atoms with Gasteiger partial charge in [0, 0.05) is 23.7 Å². The maximum Gasteiger partial charge on any atom is 0.135 e. The number of halogens is 2. The van der Waals surface area contributed by atoms with E-state index in [1.165, 1.54) is 12.8 Å². The summed E-state index contributed by atoms with van der Waals surface area (Å²) in [6.07, 6.45) is 3.90. The summed E-state index contributed by atoms with van der Waals surface area (Å²) >= 11 is 7.01. The van der Waals surface area contributed by atoms with Crippen LogP contribution in [0.5, 0.6) is 5.75 Å². The van der Waals surface area contributed by atoms with Crippen molar-refractivity contribution in [1.29, 1.82) is 0 Å². The van der Waals surface area contributed by atoms with Gasteiger partial charge in [0.1, 0.15) is 5.75 Å². The van der Waals surface area contributed by atoms with Crippen LogP contribution in [0.2, 0.25) is 0 Å². The van der Waals surface area contributed by atoms with Gasteiger partial charge in [-0.15, -0.1) is 0 Å². The molecule has 1 fully saturated rings. The van der Waals surface area contributed by atoms with E-state index in [1.54, 1.807) is 7.11 Å². The van der Waals surface area contributed by atoms with Gasteiger partial charge in [0.2, 0.25) is 0 Å². The summed E-state index contributed by atoms with van der Waals surface area (Å²) in [6.45, 7) is 1.72. The zero-order valence-electron chi connectivity index (χ0n) is 10.3. The number of hydrogen-bond acceptors (Lipinski definition) is 3. The Kier molecular flexibility index (Phi) is 5.33. The van der Waals surface area contributed by atoms with Crippen LogP contribution in [0.1, 0.15) is 19.3 Å². The van der Waals surface area contributed by atoms with Crippen molar-refractivity contribution in [2.75, 3.05) is 25.6 Å². The predicted octanol–water partition coefficient (Wildman–Crippen LogP) is 4.20. The molecule has 1 aliphatic heterocycles. The lowest BCUT2D eigenvalue weighted by atomic mass is 10.1. The van der Waals surface area contributed by atoms with Gasteiger partial charge in [0.15, 0.2) is 0 Å². The molecule has 3 nitrogen and oxygen atoms in total. The Bertz CT molecular complexity index is 406. The van der Waals surface area contributed by atoms with E-state index in [9.17, 15) is 0 Å². The molecular weight excluding hydrogens is 362 g/mol. The third-order valence-corrected chi connectivity index (χ3v) is 4.31. The van der Waals surface area contributed by atoms with Crippen LogP contribution in [-0.4, -0.2) is 26.4 Å². The first-order valence-electron chi connectivity index (χ1n) is 6.09. The van der Waals surface area contributed by atoms with E-state index in [4.69, 9.17) is 9.47 Å². The second-order valence-electron chi connectivity index (χ2n) is 4.34. The van der Waals surface area contributed by atoms with Crippen molar-refractivity contribution in [3.8, 4) is 5.75 Å². The molecule has 2 rings (SSSR count). The minimum Gasteiger partial charge on any atom is -0.495 e. The van der Waals surface area contributed by atoms with Gasteiger partial charge in [0.05, 0.1) is 23.4 Å². The maximum absolute atomic E-state index is 5.70. The van der Waals surface area contributed by atoms with Gasteiger partial charge in [-0.2, -0.15) is 0 Å². The lowest BCUT2D eigenvalue weighted by Gasteiger charge is -2.23. The molecular formula is C13H17Br2NO2. The molecule has 0 aliphatic carbocycles. The summed E-state index contributed by atoms with van der Waals surface area (Å²) in [5.41, 5.74) is 1.03. The number of ether oxygens (including phenoxy) is 2. The third-order valence-electron chi connectivity index (χ3n) is 3.04. The van der Waals surface area contributed by atoms with Crippen LogP contribution in [0.15, 0.2) is 21.1 Å². The van der Waals surface area contributed by atoms with Gasteiger partial charge >= 0.3 is 0 Å². The zero-order valence-corrected chi connectivity index (χ0v) is 13.5. The molecule has 100 valence electrons. The molecule has 1 aliphatic rings. The second kappa shape index (κ2) is 6.78. The number of nitrogens with one attached hydrogen (secondary N) is 1. The highest BCUT2D eigenvalue weighted by Gasteiger charge is 2.14. The first-order valence-corrected chi connectivity index (χ1v) is 7.68. The Morgan fingerprint density at radius 1 is 1.33 bits per heavy atom. The van der Waals surface area contributed by atoms with E-state index in [-0.39, 0.29) is 0 Å². The molecule has 1 aromatic carbocycles. The van der Waals surface area contributed by atoms with Gasteiger partial charge in [-0.3, -0.25) is 0 Å². The van der Waals surface area contributed by atoms with E-state index in [0.29, 0.717) is 6.10 Å². The third kappa shape index (κ3) is 3.62. The molecule has 0 spiro atoms. The summed E-state index contributed by atoms with van der Waals surface area (Å²) in [4.78, 5) is 0. The quantitative estimate of drug-likeness (QED) is 0.851. The van der Waals surface area contributed by atoms with Crippen LogP contribution in [0.4, 0.5) is 5.69 Å². The Morgan fingerprint density at radius 2 is 2.17 bits per heavy atom. The van der Waals surface area contributed by atoms with Gasteiger partial charge in [-0.1, -0.05) is 0 Å². The molecule has 0 radical (unpaired) electrons. The zero-order chi connectivity index (χ0) is 13.0. The van der Waals surface area contributed by atoms with Crippen molar-refractivity contribution < 1.29 is 9.47 Å². The number of benzene rings is 1. The van der Waals surface area contributed by atoms with Gasteiger partial charge in [-0.25, -0.2) is 0 Å². The van der Waals surface area contributed by atoms with Crippen LogP contribution >= 0.6 is 31.9 Å². The van der Waals surface area contributed by atoms with Crippen LogP contribution in [0.3, 0.4) is 0 Å². The number of methoxy groups -OCH3 is 1. The van der Waals surface area contributed by atoms with Crippen LogP contribution in [0, 0.1) is 0 Å². The summed E-state index contributed by atoms with van der Waals surface area (Å²) in [7, 11) is 1.67. The highest BCUT2D eigenvalue weighted by atomic mass is 79.9. The fraction of sp³-hybridized carbons (Fsp3) is 0.538. The van der Waals surface area contributed by atoms with Crippen molar-refractivity contribution >= 4 is 37.5 Å². The Balaban J connectivity index is 1.99. The summed E-state index contributed by atoms with van der Waals surface area (Å²) < 4.78 is 13.0. The minimum atomic E-state index is 0.320. The summed E-state index contributed by atoms with van der Waals surface area (Å²) in [5.74, 6) is 0.824. The van der Waals surface area contributed by atoms with E-state index in [1.807, 2.05) is 12.1 Å². The molecule has 18 heavy (non-hydrogen) atoms. The van der Waals surface area contributed by atoms with Gasteiger partial charge < -0.3 is 14.8 Å². The SMILES string of the molecule is COc1cc(NCC2CCCCO2)c(Br)cc1Br. The molecule has 1 heterocycles. The molecule has 1 saturated heterocycles. The van der Waals surface area contributed by atoms with E-state index >= 15 is 0 Å². The van der Waals surface area contributed by atoms with Crippen LogP contribution < -0.4 is 10.1 Å². The van der Waals surface area contributed by atoms with Crippen molar-refractivity contribution in [3.63, 3.8) is 0 Å². The highest BCUT2D eigenvalue weighted by Crippen LogP contribution is 2.34. The van der Waals surface area contributed by atoms with Crippen molar-refractivity contribution in [2.45, 2.75) is 25.4 Å². The molecule has 1 N–H and O–H groups in total. The molecule has 0 bridgehead atoms. The van der Waals surface area contributed by atoms with E-state index in [2.05, 4.69) is 37.2 Å². The van der Waals surface area contributed by atoms with E-state index in [0.717, 1.165) is 40.0 Å². The minimum absolute atomic E-state index is 0.320. The molecule has 0 aromatic heterocycles. The summed E-state index contributed by atoms with van der Waals surface area (Å²) in [6, 6.07) is 3.97. The first-order chi connectivity index (χ1) is 8.70. The van der Waals surface area contributed by atoms with Gasteiger partial charge in [0.25, 0.3) is 0 Å². The van der Waals surface area contributed by atoms with E-state index < -0.39 is 0 Å². The number of hydrogen-bond donors (Lipinski definition) is 1. The predicted molar refractivity (Wildman–Crippen MR) is 80.5 cm³/mol. The number of anilines is 1. The summed E-state index contributed by atoms with van der Waals surface area (Å²) in [5, 5.41) is 3.41. The molecule has 0 saturated carbocycles. The Hall–Kier alpha value is -0.260. The standard InChI is InChI=1S/C13H17Br2NO2/c1-17-13-7-12(10(14)6-11(13)15)16-8-9-4-2-3-5-18-9/h6-7,9,16H,2-5,8H2,1H3. The average molecular weight is 379 g/mol. The van der Waals surface area contributed by atoms with Crippen LogP contribution in [-0.2, 0) is 4.74 Å². The molecule has 1 atom stereocenters. The molecule has 5 heteroatoms. The monoisotopic (exact) mass is 377 g/mol. The highest BCUT2D eigenvalue weighted by molar-refractivity contribution is 9.11. The lowest BCUT2D eigenvalue weighted by Crippen LogP contribution is -2.27. The smallest absolute Gasteiger partial charge is 0.135 e. The Morgan fingerprint density at radius 3 is 2.83 bits per heavy atom. The first kappa shape index (κ1) is 14.2. The normalized spacial score (nSPS) is 19.6. The molecule has 0 amide bonds. The lowest BCUT2D eigenvalue weighted by molar-refractivity contribution is 0.0247. The van der Waals surface area contributed by atoms with Crippen molar-refractivity contribution in [1.82, 2.24) is 0 Å². The number of rotatable bonds is 4. The topological polar surface area (TPSA) is 30.5 Å². The fourth-order valence-corrected chi connectivity index (χ4v) is 3.31. The molecule has 1 aromatic rings. The Labute approximate surface area is 124 Å². The fourth-order valence-electron chi connectivity index (χ4n) is 2.01. The molecule has 1 unspecified atom stereocenters. The van der Waals surface area contributed by atoms with Crippen LogP contribution in [0.25, 0.3) is 0 Å². The maximum atomic E-state index is 5.70.